The second-order valence-corrected chi connectivity index (χ2v) is 7.91. The molecule has 8 nitrogen and oxygen atoms in total. The predicted molar refractivity (Wildman–Crippen MR) is 122 cm³/mol. The topological polar surface area (TPSA) is 68.1 Å². The first-order valence-electron chi connectivity index (χ1n) is 10.8. The van der Waals surface area contributed by atoms with Crippen LogP contribution in [-0.2, 0) is 0 Å². The number of ether oxygens (including phenoxy) is 4. The minimum absolute atomic E-state index is 0.0120. The molecule has 0 amide bonds. The zero-order chi connectivity index (χ0) is 23.3. The lowest BCUT2D eigenvalue weighted by Crippen LogP contribution is -2.37. The third-order valence-electron chi connectivity index (χ3n) is 5.80. The van der Waals surface area contributed by atoms with Crippen LogP contribution >= 0.6 is 0 Å². The number of hydrazone groups is 2. The Morgan fingerprint density at radius 2 is 1.71 bits per heavy atom. The fourth-order valence-corrected chi connectivity index (χ4v) is 4.23. The van der Waals surface area contributed by atoms with Gasteiger partial charge in [0.1, 0.15) is 19.3 Å². The molecule has 4 aliphatic heterocycles. The van der Waals surface area contributed by atoms with Gasteiger partial charge in [0.25, 0.3) is 0 Å². The standard InChI is InChI=1S/C24H20F2N4O4/c1-2-15-8-10-29(16-3-6-20-22(13-16)34-24(25,26)33-20)28-23(15)18-7-9-27-30(18)17-4-5-19-21(14-17)32-12-11-31-19/h2-6,8-10,13-14,18H,7,11-12H2,1H3/b15-2-. The van der Waals surface area contributed by atoms with Crippen LogP contribution in [-0.4, -0.2) is 37.5 Å². The zero-order valence-electron chi connectivity index (χ0n) is 18.1. The highest BCUT2D eigenvalue weighted by Crippen LogP contribution is 2.43. The van der Waals surface area contributed by atoms with Crippen LogP contribution in [0.3, 0.4) is 0 Å². The minimum atomic E-state index is -3.67. The molecular formula is C24H20F2N4O4. The second-order valence-electron chi connectivity index (χ2n) is 7.91. The molecule has 2 aromatic rings. The molecule has 0 spiro atoms. The van der Waals surface area contributed by atoms with Crippen molar-refractivity contribution in [3.05, 3.63) is 60.3 Å². The summed E-state index contributed by atoms with van der Waals surface area (Å²) in [7, 11) is 0. The van der Waals surface area contributed by atoms with Crippen molar-refractivity contribution in [2.45, 2.75) is 25.7 Å². The maximum atomic E-state index is 13.4. The summed E-state index contributed by atoms with van der Waals surface area (Å²) in [6.07, 6.45) is 4.52. The maximum absolute atomic E-state index is 13.4. The number of hydrogen-bond acceptors (Lipinski definition) is 8. The molecule has 1 unspecified atom stereocenters. The third kappa shape index (κ3) is 3.51. The third-order valence-corrected chi connectivity index (χ3v) is 5.80. The first kappa shape index (κ1) is 20.5. The van der Waals surface area contributed by atoms with Crippen LogP contribution in [0.4, 0.5) is 20.2 Å². The van der Waals surface area contributed by atoms with Crippen molar-refractivity contribution in [3.8, 4) is 23.0 Å². The summed E-state index contributed by atoms with van der Waals surface area (Å²) in [6, 6.07) is 10.1. The molecule has 0 fully saturated rings. The number of halogens is 2. The van der Waals surface area contributed by atoms with E-state index in [4.69, 9.17) is 14.6 Å². The van der Waals surface area contributed by atoms with E-state index >= 15 is 0 Å². The minimum Gasteiger partial charge on any atom is -0.486 e. The highest BCUT2D eigenvalue weighted by atomic mass is 19.3. The molecule has 6 rings (SSSR count). The highest BCUT2D eigenvalue weighted by molar-refractivity contribution is 6.10. The van der Waals surface area contributed by atoms with Gasteiger partial charge in [-0.1, -0.05) is 6.08 Å². The van der Waals surface area contributed by atoms with E-state index in [0.29, 0.717) is 36.8 Å². The zero-order valence-corrected chi connectivity index (χ0v) is 18.1. The monoisotopic (exact) mass is 466 g/mol. The van der Waals surface area contributed by atoms with E-state index in [-0.39, 0.29) is 17.5 Å². The first-order valence-corrected chi connectivity index (χ1v) is 10.8. The van der Waals surface area contributed by atoms with E-state index in [9.17, 15) is 8.78 Å². The molecule has 2 aromatic carbocycles. The molecule has 10 heteroatoms. The fraction of sp³-hybridized carbons (Fsp3) is 0.250. The summed E-state index contributed by atoms with van der Waals surface area (Å²) in [5.74, 6) is 1.34. The number of benzene rings is 2. The van der Waals surface area contributed by atoms with Gasteiger partial charge in [-0.05, 0) is 42.8 Å². The quantitative estimate of drug-likeness (QED) is 0.655. The smallest absolute Gasteiger partial charge is 0.486 e. The SMILES string of the molecule is C/C=C1/C=CN(c2ccc3c(c2)OC(F)(F)O3)N=C1C1CC=NN1c1ccc2c(c1)OCCO2. The molecule has 0 saturated heterocycles. The number of fused-ring (bicyclic) bond motifs is 2. The van der Waals surface area contributed by atoms with Crippen LogP contribution in [0.1, 0.15) is 13.3 Å². The van der Waals surface area contributed by atoms with E-state index in [0.717, 1.165) is 17.0 Å². The van der Waals surface area contributed by atoms with Crippen molar-refractivity contribution in [1.29, 1.82) is 0 Å². The summed E-state index contributed by atoms with van der Waals surface area (Å²) in [5, 5.41) is 13.0. The van der Waals surface area contributed by atoms with E-state index < -0.39 is 6.29 Å². The van der Waals surface area contributed by atoms with Crippen LogP contribution in [0.25, 0.3) is 0 Å². The largest absolute Gasteiger partial charge is 0.586 e. The molecule has 1 atom stereocenters. The summed E-state index contributed by atoms with van der Waals surface area (Å²) in [5.41, 5.74) is 3.16. The van der Waals surface area contributed by atoms with Gasteiger partial charge >= 0.3 is 6.29 Å². The molecule has 0 N–H and O–H groups in total. The molecule has 0 aliphatic carbocycles. The number of allylic oxidation sites excluding steroid dienone is 2. The van der Waals surface area contributed by atoms with Crippen molar-refractivity contribution < 1.29 is 27.7 Å². The van der Waals surface area contributed by atoms with Crippen LogP contribution < -0.4 is 29.0 Å². The summed E-state index contributed by atoms with van der Waals surface area (Å²) >= 11 is 0. The Morgan fingerprint density at radius 3 is 2.56 bits per heavy atom. The number of alkyl halides is 2. The van der Waals surface area contributed by atoms with Gasteiger partial charge in [0.2, 0.25) is 0 Å². The Hall–Kier alpha value is -4.08. The molecule has 0 bridgehead atoms. The normalized spacial score (nSPS) is 23.0. The average molecular weight is 466 g/mol. The molecule has 4 aliphatic rings. The van der Waals surface area contributed by atoms with E-state index in [2.05, 4.69) is 14.6 Å². The van der Waals surface area contributed by atoms with E-state index in [1.54, 1.807) is 17.3 Å². The number of rotatable bonds is 3. The molecule has 0 saturated carbocycles. The lowest BCUT2D eigenvalue weighted by atomic mass is 9.99. The van der Waals surface area contributed by atoms with E-state index in [1.165, 1.54) is 12.1 Å². The van der Waals surface area contributed by atoms with Gasteiger partial charge in [-0.2, -0.15) is 10.2 Å². The van der Waals surface area contributed by atoms with Crippen molar-refractivity contribution >= 4 is 23.3 Å². The maximum Gasteiger partial charge on any atom is 0.586 e. The molecule has 34 heavy (non-hydrogen) atoms. The van der Waals surface area contributed by atoms with Gasteiger partial charge in [-0.25, -0.2) is 5.01 Å². The first-order chi connectivity index (χ1) is 16.5. The fourth-order valence-electron chi connectivity index (χ4n) is 4.23. The Bertz CT molecular complexity index is 1270. The second kappa shape index (κ2) is 7.75. The van der Waals surface area contributed by atoms with Gasteiger partial charge in [-0.3, -0.25) is 5.01 Å². The molecule has 0 aromatic heterocycles. The van der Waals surface area contributed by atoms with Gasteiger partial charge in [-0.15, -0.1) is 8.78 Å². The number of hydrogen-bond donors (Lipinski definition) is 0. The van der Waals surface area contributed by atoms with Gasteiger partial charge < -0.3 is 18.9 Å². The van der Waals surface area contributed by atoms with Crippen LogP contribution in [0.5, 0.6) is 23.0 Å². The predicted octanol–water partition coefficient (Wildman–Crippen LogP) is 4.68. The Labute approximate surface area is 194 Å². The Balaban J connectivity index is 1.32. The van der Waals surface area contributed by atoms with Gasteiger partial charge in [0.15, 0.2) is 23.0 Å². The van der Waals surface area contributed by atoms with Crippen LogP contribution in [0, 0.1) is 0 Å². The van der Waals surface area contributed by atoms with Gasteiger partial charge in [0, 0.05) is 31.0 Å². The van der Waals surface area contributed by atoms with Crippen molar-refractivity contribution in [1.82, 2.24) is 0 Å². The Morgan fingerprint density at radius 1 is 0.971 bits per heavy atom. The lowest BCUT2D eigenvalue weighted by Gasteiger charge is -2.30. The number of anilines is 2. The molecule has 174 valence electrons. The lowest BCUT2D eigenvalue weighted by molar-refractivity contribution is -0.286. The van der Waals surface area contributed by atoms with Crippen LogP contribution in [0.15, 0.2) is 70.5 Å². The van der Waals surface area contributed by atoms with Crippen molar-refractivity contribution in [2.24, 2.45) is 10.2 Å². The Kier molecular flexibility index (Phi) is 4.68. The average Bonchev–Trinajstić information content (AvgIpc) is 3.45. The van der Waals surface area contributed by atoms with Gasteiger partial charge in [0.05, 0.1) is 17.1 Å². The van der Waals surface area contributed by atoms with Crippen molar-refractivity contribution in [3.63, 3.8) is 0 Å². The summed E-state index contributed by atoms with van der Waals surface area (Å²) < 4.78 is 47.3. The van der Waals surface area contributed by atoms with E-state index in [1.807, 2.05) is 48.5 Å². The molecule has 0 radical (unpaired) electrons. The number of nitrogens with zero attached hydrogens (tertiary/aromatic N) is 4. The molecule has 4 heterocycles. The summed E-state index contributed by atoms with van der Waals surface area (Å²) in [6.45, 7) is 2.97. The van der Waals surface area contributed by atoms with Crippen molar-refractivity contribution in [2.75, 3.05) is 23.2 Å². The summed E-state index contributed by atoms with van der Waals surface area (Å²) in [4.78, 5) is 0. The highest BCUT2D eigenvalue weighted by Gasteiger charge is 2.43. The molecular weight excluding hydrogens is 446 g/mol. The van der Waals surface area contributed by atoms with Crippen LogP contribution in [0.2, 0.25) is 0 Å².